The van der Waals surface area contributed by atoms with Gasteiger partial charge in [-0.2, -0.15) is 0 Å². The average Bonchev–Trinajstić information content (AvgIpc) is 3.03. The third kappa shape index (κ3) is 2.65. The Morgan fingerprint density at radius 1 is 0.880 bits per heavy atom. The van der Waals surface area contributed by atoms with E-state index in [4.69, 9.17) is 5.73 Å². The summed E-state index contributed by atoms with van der Waals surface area (Å²) in [5.74, 6) is -0.506. The molecule has 5 heteroatoms. The van der Waals surface area contributed by atoms with Crippen LogP contribution < -0.4 is 5.73 Å². The van der Waals surface area contributed by atoms with Crippen LogP contribution in [0.25, 0.3) is 33.3 Å². The van der Waals surface area contributed by atoms with Gasteiger partial charge < -0.3 is 5.73 Å². The number of nitrogens with two attached hydrogens (primary N) is 1. The Morgan fingerprint density at radius 2 is 1.48 bits per heavy atom. The van der Waals surface area contributed by atoms with Crippen LogP contribution in [0.3, 0.4) is 0 Å². The fraction of sp³-hybridized carbons (Fsp3) is 0.0500. The van der Waals surface area contributed by atoms with Gasteiger partial charge in [0.2, 0.25) is 0 Å². The fourth-order valence-corrected chi connectivity index (χ4v) is 2.97. The molecule has 1 amide bonds. The van der Waals surface area contributed by atoms with Crippen molar-refractivity contribution >= 4 is 16.9 Å². The molecule has 0 fully saturated rings. The van der Waals surface area contributed by atoms with E-state index in [1.165, 1.54) is 0 Å². The van der Waals surface area contributed by atoms with E-state index in [0.29, 0.717) is 11.1 Å². The Labute approximate surface area is 144 Å². The normalized spacial score (nSPS) is 10.9. The zero-order chi connectivity index (χ0) is 17.4. The summed E-state index contributed by atoms with van der Waals surface area (Å²) < 4.78 is 1.64. The molecule has 0 saturated carbocycles. The Balaban J connectivity index is 1.82. The molecule has 0 aliphatic carbocycles. The van der Waals surface area contributed by atoms with Crippen molar-refractivity contribution in [2.45, 2.75) is 0 Å². The number of nitrogens with zero attached hydrogens (tertiary/aromatic N) is 3. The molecule has 25 heavy (non-hydrogen) atoms. The van der Waals surface area contributed by atoms with Crippen LogP contribution in [0.1, 0.15) is 10.4 Å². The number of aryl methyl sites for hydroxylation is 1. The second kappa shape index (κ2) is 5.87. The molecule has 4 rings (SSSR count). The largest absolute Gasteiger partial charge is 0.366 e. The molecule has 0 unspecified atom stereocenters. The highest BCUT2D eigenvalue weighted by molar-refractivity contribution is 6.05. The topological polar surface area (TPSA) is 73.8 Å². The van der Waals surface area contributed by atoms with Crippen LogP contribution >= 0.6 is 0 Å². The van der Waals surface area contributed by atoms with Crippen molar-refractivity contribution in [2.24, 2.45) is 12.8 Å². The molecular formula is C20H16N4O. The van der Waals surface area contributed by atoms with Gasteiger partial charge in [-0.05, 0) is 34.4 Å². The van der Waals surface area contributed by atoms with Crippen LogP contribution in [-0.4, -0.2) is 20.9 Å². The molecule has 1 aromatic heterocycles. The van der Waals surface area contributed by atoms with E-state index in [9.17, 15) is 4.79 Å². The second-order valence-electron chi connectivity index (χ2n) is 5.91. The number of carbonyl (C=O) groups is 1. The third-order valence-corrected chi connectivity index (χ3v) is 4.31. The molecule has 2 N–H and O–H groups in total. The highest BCUT2D eigenvalue weighted by Crippen LogP contribution is 2.28. The highest BCUT2D eigenvalue weighted by atomic mass is 16.1. The monoisotopic (exact) mass is 328 g/mol. The van der Waals surface area contributed by atoms with Gasteiger partial charge in [0.05, 0.1) is 11.1 Å². The summed E-state index contributed by atoms with van der Waals surface area (Å²) in [6.45, 7) is 0. The number of benzene rings is 3. The van der Waals surface area contributed by atoms with E-state index < -0.39 is 5.91 Å². The summed E-state index contributed by atoms with van der Waals surface area (Å²) >= 11 is 0. The molecule has 0 aliphatic rings. The van der Waals surface area contributed by atoms with Crippen LogP contribution in [0.5, 0.6) is 0 Å². The number of primary amides is 1. The fourth-order valence-electron chi connectivity index (χ4n) is 2.97. The Hall–Kier alpha value is -3.47. The number of amides is 1. The van der Waals surface area contributed by atoms with Crippen LogP contribution in [0, 0.1) is 0 Å². The summed E-state index contributed by atoms with van der Waals surface area (Å²) in [7, 11) is 1.79. The smallest absolute Gasteiger partial charge is 0.251 e. The van der Waals surface area contributed by atoms with E-state index in [1.54, 1.807) is 17.8 Å². The molecule has 122 valence electrons. The van der Waals surface area contributed by atoms with E-state index in [-0.39, 0.29) is 0 Å². The van der Waals surface area contributed by atoms with Crippen molar-refractivity contribution in [3.63, 3.8) is 0 Å². The van der Waals surface area contributed by atoms with Crippen molar-refractivity contribution in [1.82, 2.24) is 15.0 Å². The van der Waals surface area contributed by atoms with Gasteiger partial charge in [0.25, 0.3) is 5.91 Å². The van der Waals surface area contributed by atoms with Gasteiger partial charge in [-0.25, -0.2) is 4.68 Å². The lowest BCUT2D eigenvalue weighted by atomic mass is 9.98. The van der Waals surface area contributed by atoms with Crippen molar-refractivity contribution < 1.29 is 4.79 Å². The summed E-state index contributed by atoms with van der Waals surface area (Å²) in [5.41, 5.74) is 11.4. The van der Waals surface area contributed by atoms with Gasteiger partial charge in [0, 0.05) is 7.05 Å². The van der Waals surface area contributed by atoms with Crippen molar-refractivity contribution in [2.75, 3.05) is 0 Å². The number of fused-ring (bicyclic) bond motifs is 1. The van der Waals surface area contributed by atoms with Crippen LogP contribution in [-0.2, 0) is 7.05 Å². The SMILES string of the molecule is Cn1nnc2c(C(N)=O)cc(-c3ccc(-c4ccccc4)cc3)cc21. The Bertz CT molecular complexity index is 1070. The van der Waals surface area contributed by atoms with Gasteiger partial charge in [0.1, 0.15) is 5.52 Å². The molecule has 5 nitrogen and oxygen atoms in total. The molecular weight excluding hydrogens is 312 g/mol. The number of carbonyl (C=O) groups excluding carboxylic acids is 1. The summed E-state index contributed by atoms with van der Waals surface area (Å²) in [6.07, 6.45) is 0. The maximum atomic E-state index is 11.8. The van der Waals surface area contributed by atoms with E-state index in [0.717, 1.165) is 27.8 Å². The van der Waals surface area contributed by atoms with Crippen LogP contribution in [0.4, 0.5) is 0 Å². The van der Waals surface area contributed by atoms with Crippen LogP contribution in [0.2, 0.25) is 0 Å². The first kappa shape index (κ1) is 15.1. The predicted molar refractivity (Wildman–Crippen MR) is 97.9 cm³/mol. The van der Waals surface area contributed by atoms with E-state index >= 15 is 0 Å². The number of aromatic nitrogens is 3. The van der Waals surface area contributed by atoms with E-state index in [1.807, 2.05) is 36.4 Å². The second-order valence-corrected chi connectivity index (χ2v) is 5.91. The maximum absolute atomic E-state index is 11.8. The lowest BCUT2D eigenvalue weighted by molar-refractivity contribution is 0.100. The molecule has 0 saturated heterocycles. The van der Waals surface area contributed by atoms with Gasteiger partial charge in [-0.3, -0.25) is 4.79 Å². The number of hydrogen-bond acceptors (Lipinski definition) is 3. The molecule has 4 aromatic rings. The number of hydrogen-bond donors (Lipinski definition) is 1. The Kier molecular flexibility index (Phi) is 3.54. The number of rotatable bonds is 3. The lowest BCUT2D eigenvalue weighted by Crippen LogP contribution is -2.11. The predicted octanol–water partition coefficient (Wildman–Crippen LogP) is 3.40. The van der Waals surface area contributed by atoms with Crippen molar-refractivity contribution in [3.05, 3.63) is 72.3 Å². The zero-order valence-corrected chi connectivity index (χ0v) is 13.7. The maximum Gasteiger partial charge on any atom is 0.251 e. The minimum Gasteiger partial charge on any atom is -0.366 e. The first-order valence-corrected chi connectivity index (χ1v) is 7.92. The minimum absolute atomic E-state index is 0.382. The van der Waals surface area contributed by atoms with E-state index in [2.05, 4.69) is 34.6 Å². The molecule has 1 heterocycles. The molecule has 0 atom stereocenters. The summed E-state index contributed by atoms with van der Waals surface area (Å²) in [6, 6.07) is 22.2. The highest BCUT2D eigenvalue weighted by Gasteiger charge is 2.14. The van der Waals surface area contributed by atoms with Gasteiger partial charge >= 0.3 is 0 Å². The molecule has 0 spiro atoms. The standard InChI is InChI=1S/C20H16N4O/c1-24-18-12-16(11-17(20(21)25)19(18)22-23-24)15-9-7-14(8-10-15)13-5-3-2-4-6-13/h2-12H,1H3,(H2,21,25). The minimum atomic E-state index is -0.506. The van der Waals surface area contributed by atoms with Gasteiger partial charge in [0.15, 0.2) is 0 Å². The molecule has 3 aromatic carbocycles. The van der Waals surface area contributed by atoms with Crippen LogP contribution in [0.15, 0.2) is 66.7 Å². The van der Waals surface area contributed by atoms with Gasteiger partial charge in [-0.1, -0.05) is 59.8 Å². The molecule has 0 bridgehead atoms. The quantitative estimate of drug-likeness (QED) is 0.626. The zero-order valence-electron chi connectivity index (χ0n) is 13.7. The molecule has 0 aliphatic heterocycles. The average molecular weight is 328 g/mol. The first-order chi connectivity index (χ1) is 12.1. The molecule has 0 radical (unpaired) electrons. The summed E-state index contributed by atoms with van der Waals surface area (Å²) in [5, 5.41) is 8.03. The summed E-state index contributed by atoms with van der Waals surface area (Å²) in [4.78, 5) is 11.8. The first-order valence-electron chi connectivity index (χ1n) is 7.92. The van der Waals surface area contributed by atoms with Gasteiger partial charge in [-0.15, -0.1) is 5.10 Å². The third-order valence-electron chi connectivity index (χ3n) is 4.31. The lowest BCUT2D eigenvalue weighted by Gasteiger charge is -2.07. The van der Waals surface area contributed by atoms with Crippen molar-refractivity contribution in [3.8, 4) is 22.3 Å². The Morgan fingerprint density at radius 3 is 2.12 bits per heavy atom. The van der Waals surface area contributed by atoms with Crippen molar-refractivity contribution in [1.29, 1.82) is 0 Å².